The highest BCUT2D eigenvalue weighted by Gasteiger charge is 2.40. The maximum atomic E-state index is 14.1. The molecular formula is C20H21BrFN5O. The first kappa shape index (κ1) is 18.9. The van der Waals surface area contributed by atoms with Gasteiger partial charge in [0.05, 0.1) is 12.8 Å². The van der Waals surface area contributed by atoms with Gasteiger partial charge in [-0.05, 0) is 30.2 Å². The van der Waals surface area contributed by atoms with Gasteiger partial charge in [0.25, 0.3) is 0 Å². The van der Waals surface area contributed by atoms with Gasteiger partial charge in [-0.3, -0.25) is 4.99 Å². The Hall–Kier alpha value is -2.48. The van der Waals surface area contributed by atoms with Crippen molar-refractivity contribution in [1.82, 2.24) is 9.97 Å². The minimum atomic E-state index is -1.08. The van der Waals surface area contributed by atoms with Crippen molar-refractivity contribution in [1.29, 1.82) is 0 Å². The summed E-state index contributed by atoms with van der Waals surface area (Å²) in [7, 11) is 3.54. The Bertz CT molecular complexity index is 964. The van der Waals surface area contributed by atoms with Crippen LogP contribution < -0.4 is 14.5 Å². The molecule has 0 spiro atoms. The van der Waals surface area contributed by atoms with Crippen molar-refractivity contribution in [3.63, 3.8) is 0 Å². The van der Waals surface area contributed by atoms with Crippen LogP contribution in [0.25, 0.3) is 0 Å². The lowest BCUT2D eigenvalue weighted by molar-refractivity contribution is 0.379. The van der Waals surface area contributed by atoms with Crippen LogP contribution in [-0.4, -0.2) is 42.7 Å². The minimum absolute atomic E-state index is 0.190. The van der Waals surface area contributed by atoms with Gasteiger partial charge in [-0.15, -0.1) is 0 Å². The molecule has 0 bridgehead atoms. The van der Waals surface area contributed by atoms with E-state index in [4.69, 9.17) is 4.74 Å². The van der Waals surface area contributed by atoms with Crippen LogP contribution in [0.4, 0.5) is 15.9 Å². The van der Waals surface area contributed by atoms with E-state index in [0.717, 1.165) is 32.8 Å². The molecular weight excluding hydrogens is 425 g/mol. The number of halogens is 2. The Kier molecular flexibility index (Phi) is 5.05. The third-order valence-corrected chi connectivity index (χ3v) is 5.47. The first-order valence-corrected chi connectivity index (χ1v) is 9.80. The number of alkyl halides is 1. The highest BCUT2D eigenvalue weighted by atomic mass is 79.9. The lowest BCUT2D eigenvalue weighted by Crippen LogP contribution is -2.43. The third kappa shape index (κ3) is 3.37. The van der Waals surface area contributed by atoms with E-state index in [1.54, 1.807) is 13.3 Å². The Balaban J connectivity index is 1.81. The maximum Gasteiger partial charge on any atom is 0.318 e. The van der Waals surface area contributed by atoms with Gasteiger partial charge in [-0.2, -0.15) is 9.97 Å². The van der Waals surface area contributed by atoms with Crippen molar-refractivity contribution in [2.24, 2.45) is 4.99 Å². The predicted octanol–water partition coefficient (Wildman–Crippen LogP) is 4.04. The summed E-state index contributed by atoms with van der Waals surface area (Å²) in [5.74, 6) is 0.780. The van der Waals surface area contributed by atoms with Crippen LogP contribution >= 0.6 is 15.9 Å². The highest BCUT2D eigenvalue weighted by molar-refractivity contribution is 9.10. The Morgan fingerprint density at radius 2 is 2.14 bits per heavy atom. The van der Waals surface area contributed by atoms with E-state index in [-0.39, 0.29) is 6.17 Å². The molecule has 4 rings (SSSR count). The van der Waals surface area contributed by atoms with Crippen LogP contribution in [0.5, 0.6) is 6.01 Å². The minimum Gasteiger partial charge on any atom is -0.467 e. The van der Waals surface area contributed by atoms with Gasteiger partial charge in [0.1, 0.15) is 18.0 Å². The van der Waals surface area contributed by atoms with E-state index in [0.29, 0.717) is 19.0 Å². The summed E-state index contributed by atoms with van der Waals surface area (Å²) in [6.07, 6.45) is 2.15. The van der Waals surface area contributed by atoms with Gasteiger partial charge in [0.15, 0.2) is 5.82 Å². The van der Waals surface area contributed by atoms with Gasteiger partial charge in [-0.25, -0.2) is 4.39 Å². The summed E-state index contributed by atoms with van der Waals surface area (Å²) in [4.78, 5) is 17.4. The molecule has 2 aromatic rings. The van der Waals surface area contributed by atoms with Crippen molar-refractivity contribution in [3.8, 4) is 6.01 Å². The molecule has 0 radical (unpaired) electrons. The number of ether oxygens (including phenoxy) is 1. The van der Waals surface area contributed by atoms with Crippen molar-refractivity contribution in [2.75, 3.05) is 24.0 Å². The lowest BCUT2D eigenvalue weighted by Gasteiger charge is -2.33. The number of methoxy groups -OCH3 is 1. The number of nitrogens with zero attached hydrogens (tertiary/aromatic N) is 5. The smallest absolute Gasteiger partial charge is 0.318 e. The second-order valence-corrected chi connectivity index (χ2v) is 7.85. The summed E-state index contributed by atoms with van der Waals surface area (Å²) >= 11 is 3.53. The van der Waals surface area contributed by atoms with Crippen LogP contribution in [0.3, 0.4) is 0 Å². The fourth-order valence-electron chi connectivity index (χ4n) is 3.86. The van der Waals surface area contributed by atoms with Crippen LogP contribution in [-0.2, 0) is 6.54 Å². The summed E-state index contributed by atoms with van der Waals surface area (Å²) in [6, 6.07) is 8.46. The average molecular weight is 446 g/mol. The number of hydrogen-bond donors (Lipinski definition) is 0. The van der Waals surface area contributed by atoms with Crippen molar-refractivity contribution >= 4 is 33.6 Å². The molecule has 2 atom stereocenters. The number of fused-ring (bicyclic) bond motifs is 1. The van der Waals surface area contributed by atoms with E-state index in [1.807, 2.05) is 26.1 Å². The number of aromatic nitrogens is 2. The molecule has 3 heterocycles. The van der Waals surface area contributed by atoms with E-state index in [2.05, 4.69) is 52.8 Å². The molecule has 2 unspecified atom stereocenters. The fraction of sp³-hybridized carbons (Fsp3) is 0.350. The van der Waals surface area contributed by atoms with E-state index in [1.165, 1.54) is 6.21 Å². The molecule has 146 valence electrons. The standard InChI is InChI=1S/C20H21BrFN5O/c1-12-17-18(25-20(24-12)28-3)27(11-13-5-4-6-15(21)7-13)19(26(17)2)14-8-16(22)10-23-9-14/h4-7,9-10,16,19H,8,11H2,1-3H3. The monoisotopic (exact) mass is 445 g/mol. The molecule has 2 aliphatic rings. The van der Waals surface area contributed by atoms with Gasteiger partial charge in [0.2, 0.25) is 0 Å². The molecule has 0 saturated carbocycles. The molecule has 1 aromatic heterocycles. The quantitative estimate of drug-likeness (QED) is 0.710. The summed E-state index contributed by atoms with van der Waals surface area (Å²) in [5.41, 5.74) is 3.77. The van der Waals surface area contributed by atoms with E-state index < -0.39 is 6.17 Å². The number of benzene rings is 1. The predicted molar refractivity (Wildman–Crippen MR) is 112 cm³/mol. The van der Waals surface area contributed by atoms with Crippen molar-refractivity contribution < 1.29 is 9.13 Å². The topological polar surface area (TPSA) is 53.9 Å². The van der Waals surface area contributed by atoms with Crippen molar-refractivity contribution in [3.05, 3.63) is 51.8 Å². The molecule has 0 aliphatic carbocycles. The van der Waals surface area contributed by atoms with E-state index >= 15 is 0 Å². The molecule has 0 fully saturated rings. The van der Waals surface area contributed by atoms with Crippen LogP contribution in [0.2, 0.25) is 0 Å². The Morgan fingerprint density at radius 3 is 2.86 bits per heavy atom. The summed E-state index contributed by atoms with van der Waals surface area (Å²) < 4.78 is 20.4. The van der Waals surface area contributed by atoms with Gasteiger partial charge >= 0.3 is 6.01 Å². The molecule has 0 saturated heterocycles. The second kappa shape index (κ2) is 7.50. The molecule has 0 N–H and O–H groups in total. The molecule has 1 aromatic carbocycles. The summed E-state index contributed by atoms with van der Waals surface area (Å²) in [5, 5.41) is 0. The molecule has 8 heteroatoms. The van der Waals surface area contributed by atoms with Crippen LogP contribution in [0.1, 0.15) is 17.7 Å². The zero-order chi connectivity index (χ0) is 19.8. The number of aliphatic imine (C=N–C) groups is 1. The second-order valence-electron chi connectivity index (χ2n) is 6.93. The summed E-state index contributed by atoms with van der Waals surface area (Å²) in [6.45, 7) is 2.55. The SMILES string of the molecule is COc1nc(C)c2c(n1)N(Cc1cccc(Br)c1)C(C1=CN=CC(F)C1)N2C. The fourth-order valence-corrected chi connectivity index (χ4v) is 4.30. The maximum absolute atomic E-state index is 14.1. The normalized spacial score (nSPS) is 21.0. The van der Waals surface area contributed by atoms with Crippen LogP contribution in [0.15, 0.2) is 45.5 Å². The molecule has 28 heavy (non-hydrogen) atoms. The third-order valence-electron chi connectivity index (χ3n) is 4.98. The molecule has 0 amide bonds. The number of anilines is 2. The Labute approximate surface area is 171 Å². The first-order chi connectivity index (χ1) is 13.5. The van der Waals surface area contributed by atoms with Gasteiger partial charge in [0, 0.05) is 36.9 Å². The number of hydrogen-bond acceptors (Lipinski definition) is 6. The van der Waals surface area contributed by atoms with Gasteiger partial charge < -0.3 is 14.5 Å². The van der Waals surface area contributed by atoms with E-state index in [9.17, 15) is 4.39 Å². The Morgan fingerprint density at radius 1 is 1.32 bits per heavy atom. The van der Waals surface area contributed by atoms with Crippen LogP contribution in [0, 0.1) is 6.92 Å². The molecule has 2 aliphatic heterocycles. The largest absolute Gasteiger partial charge is 0.467 e. The first-order valence-electron chi connectivity index (χ1n) is 9.00. The zero-order valence-corrected chi connectivity index (χ0v) is 17.5. The zero-order valence-electron chi connectivity index (χ0n) is 15.9. The molecule has 6 nitrogen and oxygen atoms in total. The lowest BCUT2D eigenvalue weighted by atomic mass is 10.0. The van der Waals surface area contributed by atoms with Gasteiger partial charge in [-0.1, -0.05) is 28.1 Å². The highest BCUT2D eigenvalue weighted by Crippen LogP contribution is 2.44. The average Bonchev–Trinajstić information content (AvgIpc) is 2.94. The number of aryl methyl sites for hydroxylation is 1. The van der Waals surface area contributed by atoms with Crippen molar-refractivity contribution in [2.45, 2.75) is 32.2 Å². The number of likely N-dealkylation sites (N-methyl/N-ethyl adjacent to an activating group) is 1. The number of rotatable bonds is 4.